The van der Waals surface area contributed by atoms with Crippen molar-refractivity contribution in [1.82, 2.24) is 9.80 Å². The number of nitrogens with zero attached hydrogens (tertiary/aromatic N) is 3. The van der Waals surface area contributed by atoms with E-state index >= 15 is 0 Å². The van der Waals surface area contributed by atoms with Crippen molar-refractivity contribution in [2.24, 2.45) is 0 Å². The maximum atomic E-state index is 12.3. The van der Waals surface area contributed by atoms with Gasteiger partial charge in [-0.15, -0.1) is 0 Å². The summed E-state index contributed by atoms with van der Waals surface area (Å²) in [5.74, 6) is -0.262. The summed E-state index contributed by atoms with van der Waals surface area (Å²) >= 11 is 5.87. The lowest BCUT2D eigenvalue weighted by Crippen LogP contribution is -2.50. The molecule has 0 aromatic heterocycles. The van der Waals surface area contributed by atoms with Gasteiger partial charge in [0.05, 0.1) is 6.07 Å². The molecule has 1 aliphatic rings. The fourth-order valence-electron chi connectivity index (χ4n) is 2.14. The molecule has 1 aromatic rings. The first-order valence-corrected chi connectivity index (χ1v) is 6.69. The Bertz CT molecular complexity index is 560. The minimum absolute atomic E-state index is 0.0834. The third kappa shape index (κ3) is 3.28. The Balaban J connectivity index is 1.96. The molecule has 1 aromatic carbocycles. The molecule has 20 heavy (non-hydrogen) atoms. The van der Waals surface area contributed by atoms with Crippen LogP contribution in [0.1, 0.15) is 16.8 Å². The number of hydrogen-bond acceptors (Lipinski definition) is 3. The van der Waals surface area contributed by atoms with Gasteiger partial charge >= 0.3 is 0 Å². The average molecular weight is 292 g/mol. The number of piperazine rings is 1. The molecule has 0 N–H and O–H groups in total. The van der Waals surface area contributed by atoms with Crippen LogP contribution in [0.15, 0.2) is 24.3 Å². The molecule has 0 bridgehead atoms. The van der Waals surface area contributed by atoms with Gasteiger partial charge in [0.25, 0.3) is 5.91 Å². The summed E-state index contributed by atoms with van der Waals surface area (Å²) in [4.78, 5) is 27.1. The molecule has 1 aliphatic heterocycles. The second-order valence-corrected chi connectivity index (χ2v) is 4.95. The smallest absolute Gasteiger partial charge is 0.254 e. The molecule has 1 fully saturated rings. The van der Waals surface area contributed by atoms with Crippen molar-refractivity contribution in [1.29, 1.82) is 5.26 Å². The summed E-state index contributed by atoms with van der Waals surface area (Å²) in [5.41, 5.74) is 0.550. The number of amides is 2. The standard InChI is InChI=1S/C14H14ClN3O2/c15-12-3-1-2-11(10-12)14(20)18-8-6-17(7-9-18)13(19)4-5-16/h1-3,10H,4,6-9H2. The van der Waals surface area contributed by atoms with E-state index in [4.69, 9.17) is 16.9 Å². The van der Waals surface area contributed by atoms with Crippen LogP contribution in [0.25, 0.3) is 0 Å². The Morgan fingerprint density at radius 2 is 1.85 bits per heavy atom. The predicted molar refractivity (Wildman–Crippen MR) is 74.2 cm³/mol. The molecule has 0 saturated carbocycles. The predicted octanol–water partition coefficient (Wildman–Crippen LogP) is 1.54. The van der Waals surface area contributed by atoms with E-state index < -0.39 is 0 Å². The van der Waals surface area contributed by atoms with Crippen molar-refractivity contribution >= 4 is 23.4 Å². The monoisotopic (exact) mass is 291 g/mol. The van der Waals surface area contributed by atoms with Crippen LogP contribution < -0.4 is 0 Å². The first kappa shape index (κ1) is 14.4. The number of nitriles is 1. The molecule has 0 unspecified atom stereocenters. The highest BCUT2D eigenvalue weighted by Crippen LogP contribution is 2.14. The molecule has 0 atom stereocenters. The molecule has 104 valence electrons. The van der Waals surface area contributed by atoms with Crippen molar-refractivity contribution in [3.05, 3.63) is 34.9 Å². The van der Waals surface area contributed by atoms with E-state index in [1.807, 2.05) is 6.07 Å². The van der Waals surface area contributed by atoms with Crippen LogP contribution in [0.4, 0.5) is 0 Å². The third-order valence-corrected chi connectivity index (χ3v) is 3.46. The molecular formula is C14H14ClN3O2. The fourth-order valence-corrected chi connectivity index (χ4v) is 2.33. The molecule has 2 rings (SSSR count). The summed E-state index contributed by atoms with van der Waals surface area (Å²) in [6.45, 7) is 1.88. The van der Waals surface area contributed by atoms with Crippen molar-refractivity contribution in [3.8, 4) is 6.07 Å². The summed E-state index contributed by atoms with van der Waals surface area (Å²) in [6.07, 6.45) is -0.109. The molecule has 1 heterocycles. The molecule has 6 heteroatoms. The number of benzene rings is 1. The van der Waals surface area contributed by atoms with E-state index in [9.17, 15) is 9.59 Å². The molecule has 0 radical (unpaired) electrons. The Labute approximate surface area is 122 Å². The van der Waals surface area contributed by atoms with Gasteiger partial charge in [-0.25, -0.2) is 0 Å². The minimum atomic E-state index is -0.178. The van der Waals surface area contributed by atoms with Gasteiger partial charge < -0.3 is 9.80 Å². The number of carbonyl (C=O) groups excluding carboxylic acids is 2. The van der Waals surface area contributed by atoms with Gasteiger partial charge in [-0.05, 0) is 18.2 Å². The first-order valence-electron chi connectivity index (χ1n) is 6.31. The van der Waals surface area contributed by atoms with Crippen LogP contribution in [0, 0.1) is 11.3 Å². The molecular weight excluding hydrogens is 278 g/mol. The largest absolute Gasteiger partial charge is 0.338 e. The number of halogens is 1. The topological polar surface area (TPSA) is 64.4 Å². The Morgan fingerprint density at radius 1 is 1.20 bits per heavy atom. The molecule has 5 nitrogen and oxygen atoms in total. The molecule has 1 saturated heterocycles. The van der Waals surface area contributed by atoms with E-state index in [1.165, 1.54) is 0 Å². The van der Waals surface area contributed by atoms with E-state index in [0.29, 0.717) is 36.8 Å². The van der Waals surface area contributed by atoms with Gasteiger partial charge in [0.1, 0.15) is 6.42 Å². The van der Waals surface area contributed by atoms with Crippen molar-refractivity contribution < 1.29 is 9.59 Å². The molecule has 0 aliphatic carbocycles. The lowest BCUT2D eigenvalue weighted by Gasteiger charge is -2.34. The summed E-state index contributed by atoms with van der Waals surface area (Å²) in [5, 5.41) is 9.03. The zero-order chi connectivity index (χ0) is 14.5. The Morgan fingerprint density at radius 3 is 2.45 bits per heavy atom. The Hall–Kier alpha value is -2.06. The quantitative estimate of drug-likeness (QED) is 0.830. The third-order valence-electron chi connectivity index (χ3n) is 3.22. The fraction of sp³-hybridized carbons (Fsp3) is 0.357. The van der Waals surface area contributed by atoms with Crippen molar-refractivity contribution in [2.45, 2.75) is 6.42 Å². The number of rotatable bonds is 2. The van der Waals surface area contributed by atoms with E-state index in [1.54, 1.807) is 34.1 Å². The highest BCUT2D eigenvalue weighted by Gasteiger charge is 2.24. The zero-order valence-corrected chi connectivity index (χ0v) is 11.6. The molecule has 2 amide bonds. The second kappa shape index (κ2) is 6.40. The van der Waals surface area contributed by atoms with Crippen LogP contribution in [0.3, 0.4) is 0 Å². The number of carbonyl (C=O) groups is 2. The molecule has 0 spiro atoms. The van der Waals surface area contributed by atoms with E-state index in [2.05, 4.69) is 0 Å². The lowest BCUT2D eigenvalue weighted by molar-refractivity contribution is -0.131. The van der Waals surface area contributed by atoms with Crippen LogP contribution in [-0.2, 0) is 4.79 Å². The zero-order valence-electron chi connectivity index (χ0n) is 10.9. The minimum Gasteiger partial charge on any atom is -0.338 e. The highest BCUT2D eigenvalue weighted by molar-refractivity contribution is 6.30. The lowest BCUT2D eigenvalue weighted by atomic mass is 10.2. The summed E-state index contributed by atoms with van der Waals surface area (Å²) in [6, 6.07) is 8.66. The first-order chi connectivity index (χ1) is 9.61. The number of hydrogen-bond donors (Lipinski definition) is 0. The van der Waals surface area contributed by atoms with Crippen molar-refractivity contribution in [3.63, 3.8) is 0 Å². The maximum absolute atomic E-state index is 12.3. The summed E-state index contributed by atoms with van der Waals surface area (Å²) < 4.78 is 0. The van der Waals surface area contributed by atoms with Gasteiger partial charge in [-0.2, -0.15) is 5.26 Å². The van der Waals surface area contributed by atoms with Crippen LogP contribution in [0.5, 0.6) is 0 Å². The van der Waals surface area contributed by atoms with Crippen molar-refractivity contribution in [2.75, 3.05) is 26.2 Å². The van der Waals surface area contributed by atoms with Crippen LogP contribution in [-0.4, -0.2) is 47.8 Å². The maximum Gasteiger partial charge on any atom is 0.254 e. The van der Waals surface area contributed by atoms with Gasteiger partial charge in [0.2, 0.25) is 5.91 Å². The normalized spacial score (nSPS) is 14.8. The average Bonchev–Trinajstić information content (AvgIpc) is 2.47. The van der Waals surface area contributed by atoms with Gasteiger partial charge in [0.15, 0.2) is 0 Å². The van der Waals surface area contributed by atoms with Gasteiger partial charge in [-0.1, -0.05) is 17.7 Å². The van der Waals surface area contributed by atoms with Gasteiger partial charge in [-0.3, -0.25) is 9.59 Å². The van der Waals surface area contributed by atoms with E-state index in [0.717, 1.165) is 0 Å². The second-order valence-electron chi connectivity index (χ2n) is 4.52. The SMILES string of the molecule is N#CCC(=O)N1CCN(C(=O)c2cccc(Cl)c2)CC1. The van der Waals surface area contributed by atoms with E-state index in [-0.39, 0.29) is 18.2 Å². The van der Waals surface area contributed by atoms with Gasteiger partial charge in [0, 0.05) is 36.8 Å². The highest BCUT2D eigenvalue weighted by atomic mass is 35.5. The summed E-state index contributed by atoms with van der Waals surface area (Å²) in [7, 11) is 0. The van der Waals surface area contributed by atoms with Crippen LogP contribution >= 0.6 is 11.6 Å². The van der Waals surface area contributed by atoms with Crippen LogP contribution in [0.2, 0.25) is 5.02 Å². The Kier molecular flexibility index (Phi) is 4.59.